The van der Waals surface area contributed by atoms with E-state index in [4.69, 9.17) is 5.73 Å². The molecule has 0 bridgehead atoms. The lowest BCUT2D eigenvalue weighted by atomic mass is 9.97. The lowest BCUT2D eigenvalue weighted by Crippen LogP contribution is -2.62. The third-order valence-electron chi connectivity index (χ3n) is 13.5. The lowest BCUT2D eigenvalue weighted by molar-refractivity contribution is -0.143. The smallest absolute Gasteiger partial charge is 0.326 e. The Balaban J connectivity index is 1.81. The van der Waals surface area contributed by atoms with Crippen LogP contribution in [0.1, 0.15) is 119 Å². The molecule has 0 radical (unpaired) electrons. The quantitative estimate of drug-likeness (QED) is 0.0412. The molecule has 15 N–H and O–H groups in total. The summed E-state index contributed by atoms with van der Waals surface area (Å²) in [4.78, 5) is 157. The van der Waals surface area contributed by atoms with E-state index >= 15 is 0 Å². The highest BCUT2D eigenvalue weighted by molar-refractivity contribution is 5.99. The second kappa shape index (κ2) is 32.7. The number of aromatic hydroxyl groups is 1. The molecule has 1 saturated heterocycles. The number of aromatic amines is 1. The molecule has 0 spiro atoms. The summed E-state index contributed by atoms with van der Waals surface area (Å²) in [7, 11) is 0. The fourth-order valence-electron chi connectivity index (χ4n) is 9.18. The van der Waals surface area contributed by atoms with E-state index in [0.29, 0.717) is 17.7 Å². The van der Waals surface area contributed by atoms with Crippen molar-refractivity contribution in [2.24, 2.45) is 35.3 Å². The Morgan fingerprint density at radius 3 is 1.54 bits per heavy atom. The predicted octanol–water partition coefficient (Wildman–Crippen LogP) is -0.901. The molecule has 1 aliphatic heterocycles. The number of amides is 9. The highest BCUT2D eigenvalue weighted by Crippen LogP contribution is 2.20. The van der Waals surface area contributed by atoms with Crippen LogP contribution in [0.15, 0.2) is 36.8 Å². The van der Waals surface area contributed by atoms with Crippen LogP contribution in [0.5, 0.6) is 5.75 Å². The first-order valence-corrected chi connectivity index (χ1v) is 27.7. The molecule has 10 atom stereocenters. The van der Waals surface area contributed by atoms with Crippen molar-refractivity contribution in [3.05, 3.63) is 48.0 Å². The number of aliphatic hydroxyl groups is 1. The van der Waals surface area contributed by atoms with E-state index in [2.05, 4.69) is 52.5 Å². The number of benzene rings is 1. The summed E-state index contributed by atoms with van der Waals surface area (Å²) in [5.41, 5.74) is 7.12. The monoisotopic (exact) mass is 1150 g/mol. The van der Waals surface area contributed by atoms with Gasteiger partial charge in [0.15, 0.2) is 0 Å². The van der Waals surface area contributed by atoms with Gasteiger partial charge in [0.2, 0.25) is 53.2 Å². The minimum Gasteiger partial charge on any atom is -0.508 e. The molecule has 0 aliphatic carbocycles. The van der Waals surface area contributed by atoms with Crippen LogP contribution < -0.4 is 48.3 Å². The highest BCUT2D eigenvalue weighted by atomic mass is 16.4. The molecule has 0 unspecified atom stereocenters. The number of nitrogens with two attached hydrogens (primary N) is 1. The Hall–Kier alpha value is -7.68. The number of aliphatic carboxylic acids is 2. The molecule has 82 heavy (non-hydrogen) atoms. The van der Waals surface area contributed by atoms with Crippen molar-refractivity contribution in [2.45, 2.75) is 181 Å². The van der Waals surface area contributed by atoms with Gasteiger partial charge in [-0.05, 0) is 79.4 Å². The molecule has 1 fully saturated rings. The molecule has 1 aliphatic rings. The molecule has 2 heterocycles. The summed E-state index contributed by atoms with van der Waals surface area (Å²) >= 11 is 0. The van der Waals surface area contributed by atoms with E-state index in [1.165, 1.54) is 41.7 Å². The summed E-state index contributed by atoms with van der Waals surface area (Å²) in [5, 5.41) is 60.3. The fraction of sp³-hybridized carbons (Fsp3) is 0.636. The first-order valence-electron chi connectivity index (χ1n) is 27.7. The zero-order chi connectivity index (χ0) is 61.7. The number of carboxylic acid groups (broad SMARTS) is 2. The number of aliphatic hydroxyl groups excluding tert-OH is 1. The third kappa shape index (κ3) is 22.0. The largest absolute Gasteiger partial charge is 0.508 e. The molecule has 27 nitrogen and oxygen atoms in total. The number of aromatic nitrogens is 2. The second-order valence-electron chi connectivity index (χ2n) is 22.8. The van der Waals surface area contributed by atoms with Crippen molar-refractivity contribution in [3.8, 4) is 5.75 Å². The number of hydrogen-bond donors (Lipinski definition) is 14. The second-order valence-corrected chi connectivity index (χ2v) is 22.8. The average Bonchev–Trinajstić information content (AvgIpc) is 4.24. The van der Waals surface area contributed by atoms with Crippen LogP contribution in [-0.2, 0) is 65.6 Å². The molecule has 3 rings (SSSR count). The number of nitrogens with one attached hydrogen (secondary N) is 9. The number of carboxylic acids is 2. The number of phenols is 1. The van der Waals surface area contributed by atoms with E-state index in [1.54, 1.807) is 55.4 Å². The first kappa shape index (κ1) is 68.6. The van der Waals surface area contributed by atoms with Gasteiger partial charge in [0.05, 0.1) is 25.4 Å². The molecule has 9 amide bonds. The van der Waals surface area contributed by atoms with Crippen molar-refractivity contribution >= 4 is 65.1 Å². The van der Waals surface area contributed by atoms with Crippen LogP contribution in [-0.4, -0.2) is 174 Å². The topological polar surface area (TPSA) is 423 Å². The molecular weight excluding hydrogens is 1070 g/mol. The van der Waals surface area contributed by atoms with E-state index < -0.39 is 150 Å². The normalized spacial score (nSPS) is 16.6. The number of carbonyl (C=O) groups is 11. The summed E-state index contributed by atoms with van der Waals surface area (Å²) < 4.78 is 0. The Labute approximate surface area is 477 Å². The van der Waals surface area contributed by atoms with Gasteiger partial charge in [0.1, 0.15) is 60.1 Å². The van der Waals surface area contributed by atoms with Gasteiger partial charge in [-0.25, -0.2) is 9.78 Å². The molecule has 2 aromatic rings. The van der Waals surface area contributed by atoms with Gasteiger partial charge in [-0.3, -0.25) is 47.9 Å². The van der Waals surface area contributed by atoms with Crippen molar-refractivity contribution in [3.63, 3.8) is 0 Å². The van der Waals surface area contributed by atoms with Gasteiger partial charge in [-0.1, -0.05) is 81.4 Å². The fourth-order valence-corrected chi connectivity index (χ4v) is 9.18. The summed E-state index contributed by atoms with van der Waals surface area (Å²) in [6.07, 6.45) is 2.65. The van der Waals surface area contributed by atoms with Gasteiger partial charge in [-0.2, -0.15) is 0 Å². The van der Waals surface area contributed by atoms with Crippen molar-refractivity contribution < 1.29 is 73.2 Å². The van der Waals surface area contributed by atoms with Crippen LogP contribution in [0, 0.1) is 29.6 Å². The number of rotatable bonds is 33. The standard InChI is InChI=1S/C55H86N12O15/c1-27(2)18-36(47(73)63-40(55(81)82)20-29(5)6)59-46(72)37(19-28(3)4)62-52(78)44(30(7)8)66-53(79)45(31(9)10)65-50(76)41(25-68)64-48(74)38(21-32-13-15-34(69)16-14-32)60-49(75)39(23-43(70)71)61-51(77)42-12-11-17-67(42)54(80)35(56)22-33-24-57-26-58-33/h13-16,24,26-31,35-42,44-45,68-69H,11-12,17-23,25,56H2,1-10H3,(H,57,58)(H,59,72)(H,60,75)(H,61,77)(H,62,78)(H,63,73)(H,64,74)(H,65,76)(H,66,79)(H,70,71)(H,81,82)/t35-,36-,37-,38-,39-,40-,41-,42-,44-,45-/m0/s1. The minimum atomic E-state index is -1.80. The van der Waals surface area contributed by atoms with E-state index in [1.807, 2.05) is 13.8 Å². The summed E-state index contributed by atoms with van der Waals surface area (Å²) in [6.45, 7) is 16.4. The highest BCUT2D eigenvalue weighted by Gasteiger charge is 2.40. The van der Waals surface area contributed by atoms with Gasteiger partial charge in [0.25, 0.3) is 0 Å². The number of phenolic OH excluding ortho intramolecular Hbond substituents is 1. The SMILES string of the molecule is CC(C)C[C@H](NC(=O)[C@H](CC(C)C)NC(=O)[C@H](CC(C)C)NC(=O)[C@@H](NC(=O)[C@@H](NC(=O)[C@H](CO)NC(=O)[C@H](Cc1ccc(O)cc1)NC(=O)[C@H](CC(=O)O)NC(=O)[C@@H]1CCCN1C(=O)[C@@H](N)Cc1cnc[nH]1)C(C)C)C(C)C)C(=O)O. The number of carbonyl (C=O) groups excluding carboxylic acids is 9. The molecule has 1 aromatic carbocycles. The van der Waals surface area contributed by atoms with Crippen LogP contribution in [0.3, 0.4) is 0 Å². The zero-order valence-corrected chi connectivity index (χ0v) is 48.4. The van der Waals surface area contributed by atoms with Crippen LogP contribution in [0.4, 0.5) is 0 Å². The van der Waals surface area contributed by atoms with Crippen molar-refractivity contribution in [1.29, 1.82) is 0 Å². The molecular formula is C55H86N12O15. The number of imidazole rings is 1. The number of hydrogen-bond acceptors (Lipinski definition) is 15. The van der Waals surface area contributed by atoms with Gasteiger partial charge < -0.3 is 78.6 Å². The van der Waals surface area contributed by atoms with Crippen LogP contribution >= 0.6 is 0 Å². The van der Waals surface area contributed by atoms with Crippen LogP contribution in [0.25, 0.3) is 0 Å². The van der Waals surface area contributed by atoms with Crippen molar-refractivity contribution in [1.82, 2.24) is 57.4 Å². The molecule has 27 heteroatoms. The lowest BCUT2D eigenvalue weighted by Gasteiger charge is -2.30. The third-order valence-corrected chi connectivity index (χ3v) is 13.5. The Kier molecular flexibility index (Phi) is 27.3. The van der Waals surface area contributed by atoms with E-state index in [9.17, 15) is 73.2 Å². The Morgan fingerprint density at radius 1 is 0.598 bits per heavy atom. The van der Waals surface area contributed by atoms with Crippen LogP contribution in [0.2, 0.25) is 0 Å². The molecule has 456 valence electrons. The zero-order valence-electron chi connectivity index (χ0n) is 48.4. The van der Waals surface area contributed by atoms with E-state index in [0.717, 1.165) is 0 Å². The van der Waals surface area contributed by atoms with E-state index in [-0.39, 0.29) is 68.6 Å². The molecule has 0 saturated carbocycles. The van der Waals surface area contributed by atoms with Gasteiger partial charge >= 0.3 is 11.9 Å². The number of H-pyrrole nitrogens is 1. The number of likely N-dealkylation sites (tertiary alicyclic amines) is 1. The maximum absolute atomic E-state index is 14.2. The Bertz CT molecular complexity index is 2510. The van der Waals surface area contributed by atoms with Crippen molar-refractivity contribution in [2.75, 3.05) is 13.2 Å². The molecule has 1 aromatic heterocycles. The average molecular weight is 1160 g/mol. The number of nitrogens with zero attached hydrogens (tertiary/aromatic N) is 2. The summed E-state index contributed by atoms with van der Waals surface area (Å²) in [6, 6.07) is -8.27. The summed E-state index contributed by atoms with van der Waals surface area (Å²) in [5.74, 6) is -12.3. The predicted molar refractivity (Wildman–Crippen MR) is 297 cm³/mol. The Morgan fingerprint density at radius 2 is 1.05 bits per heavy atom. The van der Waals surface area contributed by atoms with Gasteiger partial charge in [0, 0.05) is 31.3 Å². The maximum atomic E-state index is 14.2. The van der Waals surface area contributed by atoms with Gasteiger partial charge in [-0.15, -0.1) is 0 Å². The first-order chi connectivity index (χ1) is 38.4. The maximum Gasteiger partial charge on any atom is 0.326 e. The minimum absolute atomic E-state index is 0.0659.